The van der Waals surface area contributed by atoms with E-state index in [4.69, 9.17) is 5.26 Å². The van der Waals surface area contributed by atoms with Gasteiger partial charge in [-0.1, -0.05) is 6.08 Å². The van der Waals surface area contributed by atoms with Crippen molar-refractivity contribution in [1.29, 1.82) is 5.26 Å². The average Bonchev–Trinajstić information content (AvgIpc) is 3.21. The zero-order chi connectivity index (χ0) is 19.5. The molecule has 0 radical (unpaired) electrons. The summed E-state index contributed by atoms with van der Waals surface area (Å²) in [6.45, 7) is 2.73. The molecule has 0 saturated carbocycles. The van der Waals surface area contributed by atoms with E-state index in [1.807, 2.05) is 22.5 Å². The number of nitrogens with one attached hydrogen (secondary N) is 2. The highest BCUT2D eigenvalue weighted by Gasteiger charge is 2.37. The largest absolute Gasteiger partial charge is 0.353 e. The number of anilines is 1. The first-order valence-electron chi connectivity index (χ1n) is 9.41. The molecule has 0 bridgehead atoms. The molecule has 2 fully saturated rings. The van der Waals surface area contributed by atoms with E-state index in [1.54, 1.807) is 12.3 Å². The quantitative estimate of drug-likeness (QED) is 0.758. The maximum absolute atomic E-state index is 12.6. The summed E-state index contributed by atoms with van der Waals surface area (Å²) in [5.74, 6) is 0.985. The van der Waals surface area contributed by atoms with Crippen molar-refractivity contribution in [2.24, 2.45) is 0 Å². The van der Waals surface area contributed by atoms with Crippen molar-refractivity contribution in [1.82, 2.24) is 20.5 Å². The number of rotatable bonds is 4. The van der Waals surface area contributed by atoms with Crippen LogP contribution in [-0.2, 0) is 9.59 Å². The average molecular weight is 398 g/mol. The predicted octanol–water partition coefficient (Wildman–Crippen LogP) is 0.425. The number of fused-ring (bicyclic) bond motifs is 1. The molecule has 1 aromatic rings. The first-order chi connectivity index (χ1) is 13.6. The number of aromatic nitrogens is 1. The third-order valence-electron chi connectivity index (χ3n) is 5.29. The molecular formula is C19H22N6O2S. The number of carbonyl (C=O) groups excluding carboxylic acids is 2. The van der Waals surface area contributed by atoms with Crippen molar-refractivity contribution in [3.05, 3.63) is 35.4 Å². The first-order valence-corrected chi connectivity index (χ1v) is 10.4. The molecule has 0 aliphatic carbocycles. The summed E-state index contributed by atoms with van der Waals surface area (Å²) in [6.07, 6.45) is 4.41. The SMILES string of the molecule is N#Cc1ccc(N2CCN(C(=O)CCC3NC(=O)C4SC=CC4N3)CC2)nc1. The van der Waals surface area contributed by atoms with E-state index in [-0.39, 0.29) is 29.3 Å². The van der Waals surface area contributed by atoms with Gasteiger partial charge >= 0.3 is 0 Å². The van der Waals surface area contributed by atoms with Crippen LogP contribution >= 0.6 is 11.8 Å². The molecule has 2 amide bonds. The monoisotopic (exact) mass is 398 g/mol. The van der Waals surface area contributed by atoms with Gasteiger partial charge in [-0.25, -0.2) is 4.98 Å². The number of pyridine rings is 1. The minimum Gasteiger partial charge on any atom is -0.353 e. The van der Waals surface area contributed by atoms with Crippen molar-refractivity contribution in [3.8, 4) is 6.07 Å². The van der Waals surface area contributed by atoms with Crippen LogP contribution in [0.25, 0.3) is 0 Å². The van der Waals surface area contributed by atoms with Crippen LogP contribution in [0, 0.1) is 11.3 Å². The fourth-order valence-corrected chi connectivity index (χ4v) is 4.66. The highest BCUT2D eigenvalue weighted by molar-refractivity contribution is 8.03. The Bertz CT molecular complexity index is 813. The number of piperazine rings is 1. The number of hydrogen-bond acceptors (Lipinski definition) is 7. The second-order valence-electron chi connectivity index (χ2n) is 7.06. The minimum absolute atomic E-state index is 0.0414. The fraction of sp³-hybridized carbons (Fsp3) is 0.474. The van der Waals surface area contributed by atoms with Gasteiger partial charge in [-0.3, -0.25) is 14.9 Å². The van der Waals surface area contributed by atoms with E-state index in [0.717, 1.165) is 18.9 Å². The normalized spacial score (nSPS) is 26.5. The van der Waals surface area contributed by atoms with Crippen molar-refractivity contribution in [2.45, 2.75) is 30.3 Å². The van der Waals surface area contributed by atoms with Crippen LogP contribution in [0.1, 0.15) is 18.4 Å². The fourth-order valence-electron chi connectivity index (χ4n) is 3.70. The molecule has 3 aliphatic heterocycles. The summed E-state index contributed by atoms with van der Waals surface area (Å²) >= 11 is 1.53. The Morgan fingerprint density at radius 3 is 2.86 bits per heavy atom. The molecule has 0 spiro atoms. The summed E-state index contributed by atoms with van der Waals surface area (Å²) in [6, 6.07) is 5.72. The van der Waals surface area contributed by atoms with Gasteiger partial charge in [0, 0.05) is 44.8 Å². The highest BCUT2D eigenvalue weighted by Crippen LogP contribution is 2.27. The standard InChI is InChI=1S/C19H22N6O2S/c20-11-13-1-3-16(21-12-13)24-6-8-25(9-7-24)17(26)4-2-15-22-14-5-10-28-18(14)19(27)23-15/h1,3,5,10,12,14-15,18,22H,2,4,6-9H2,(H,23,27). The Labute approximate surface area is 168 Å². The van der Waals surface area contributed by atoms with E-state index in [9.17, 15) is 9.59 Å². The van der Waals surface area contributed by atoms with E-state index >= 15 is 0 Å². The lowest BCUT2D eigenvalue weighted by molar-refractivity contribution is -0.132. The first kappa shape index (κ1) is 18.8. The molecule has 28 heavy (non-hydrogen) atoms. The third kappa shape index (κ3) is 3.98. The van der Waals surface area contributed by atoms with Crippen LogP contribution in [0.2, 0.25) is 0 Å². The molecule has 1 aromatic heterocycles. The zero-order valence-corrected chi connectivity index (χ0v) is 16.2. The maximum atomic E-state index is 12.6. The van der Waals surface area contributed by atoms with Crippen molar-refractivity contribution >= 4 is 29.4 Å². The molecule has 2 N–H and O–H groups in total. The number of hydrogen-bond donors (Lipinski definition) is 2. The minimum atomic E-state index is -0.162. The molecule has 4 rings (SSSR count). The van der Waals surface area contributed by atoms with Gasteiger partial charge < -0.3 is 15.1 Å². The zero-order valence-electron chi connectivity index (χ0n) is 15.4. The van der Waals surface area contributed by atoms with E-state index in [1.165, 1.54) is 11.8 Å². The molecule has 3 aliphatic rings. The van der Waals surface area contributed by atoms with Gasteiger partial charge in [-0.2, -0.15) is 5.26 Å². The molecule has 9 heteroatoms. The number of nitriles is 1. The van der Waals surface area contributed by atoms with Crippen molar-refractivity contribution < 1.29 is 9.59 Å². The predicted molar refractivity (Wildman–Crippen MR) is 106 cm³/mol. The van der Waals surface area contributed by atoms with Gasteiger partial charge in [0.1, 0.15) is 17.1 Å². The number of amides is 2. The lowest BCUT2D eigenvalue weighted by Crippen LogP contribution is -2.61. The van der Waals surface area contributed by atoms with Gasteiger partial charge in [0.25, 0.3) is 0 Å². The molecule has 146 valence electrons. The smallest absolute Gasteiger partial charge is 0.236 e. The van der Waals surface area contributed by atoms with Crippen LogP contribution in [0.5, 0.6) is 0 Å². The highest BCUT2D eigenvalue weighted by atomic mass is 32.2. The number of thioether (sulfide) groups is 1. The van der Waals surface area contributed by atoms with Crippen LogP contribution in [0.3, 0.4) is 0 Å². The summed E-state index contributed by atoms with van der Waals surface area (Å²) in [5.41, 5.74) is 0.541. The van der Waals surface area contributed by atoms with Crippen LogP contribution in [-0.4, -0.2) is 65.3 Å². The van der Waals surface area contributed by atoms with E-state index < -0.39 is 0 Å². The van der Waals surface area contributed by atoms with Crippen molar-refractivity contribution in [2.75, 3.05) is 31.1 Å². The lowest BCUT2D eigenvalue weighted by Gasteiger charge is -2.36. The summed E-state index contributed by atoms with van der Waals surface area (Å²) < 4.78 is 0. The Morgan fingerprint density at radius 2 is 2.14 bits per heavy atom. The maximum Gasteiger partial charge on any atom is 0.236 e. The van der Waals surface area contributed by atoms with Crippen LogP contribution in [0.4, 0.5) is 5.82 Å². The molecule has 4 heterocycles. The molecule has 0 aromatic carbocycles. The molecule has 2 saturated heterocycles. The third-order valence-corrected chi connectivity index (χ3v) is 6.40. The van der Waals surface area contributed by atoms with Gasteiger partial charge in [-0.05, 0) is 24.0 Å². The molecular weight excluding hydrogens is 376 g/mol. The Kier molecular flexibility index (Phi) is 5.50. The second-order valence-corrected chi connectivity index (χ2v) is 8.11. The molecule has 3 unspecified atom stereocenters. The number of carbonyl (C=O) groups is 2. The lowest BCUT2D eigenvalue weighted by atomic mass is 10.1. The Hall–Kier alpha value is -2.57. The topological polar surface area (TPSA) is 101 Å². The molecule has 3 atom stereocenters. The van der Waals surface area contributed by atoms with Gasteiger partial charge in [-0.15, -0.1) is 11.8 Å². The summed E-state index contributed by atoms with van der Waals surface area (Å²) in [4.78, 5) is 33.0. The number of nitrogens with zero attached hydrogens (tertiary/aromatic N) is 4. The van der Waals surface area contributed by atoms with Crippen molar-refractivity contribution in [3.63, 3.8) is 0 Å². The summed E-state index contributed by atoms with van der Waals surface area (Å²) in [7, 11) is 0. The summed E-state index contributed by atoms with van der Waals surface area (Å²) in [5, 5.41) is 17.1. The van der Waals surface area contributed by atoms with Crippen LogP contribution < -0.4 is 15.5 Å². The van der Waals surface area contributed by atoms with E-state index in [2.05, 4.69) is 26.6 Å². The molecule has 8 nitrogen and oxygen atoms in total. The van der Waals surface area contributed by atoms with Gasteiger partial charge in [0.15, 0.2) is 0 Å². The van der Waals surface area contributed by atoms with E-state index in [0.29, 0.717) is 31.5 Å². The van der Waals surface area contributed by atoms with Gasteiger partial charge in [0.2, 0.25) is 11.8 Å². The van der Waals surface area contributed by atoms with Crippen LogP contribution in [0.15, 0.2) is 29.8 Å². The Morgan fingerprint density at radius 1 is 1.32 bits per heavy atom. The van der Waals surface area contributed by atoms with Gasteiger partial charge in [0.05, 0.1) is 11.7 Å². The second kappa shape index (κ2) is 8.20. The Balaban J connectivity index is 1.23.